The van der Waals surface area contributed by atoms with E-state index in [4.69, 9.17) is 10.2 Å². The Kier molecular flexibility index (Phi) is 21.7. The lowest BCUT2D eigenvalue weighted by atomic mass is 10.5. The molecule has 7 heavy (non-hydrogen) atoms. The summed E-state index contributed by atoms with van der Waals surface area (Å²) in [6.07, 6.45) is -0.699. The fourth-order valence-electron chi connectivity index (χ4n) is 0. The van der Waals surface area contributed by atoms with E-state index in [-0.39, 0.29) is 24.8 Å². The molecule has 0 heterocycles. The summed E-state index contributed by atoms with van der Waals surface area (Å²) in [5.41, 5.74) is 0. The van der Waals surface area contributed by atoms with Gasteiger partial charge in [-0.1, -0.05) is 6.92 Å². The lowest BCUT2D eigenvalue weighted by Gasteiger charge is -1.90. The topological polar surface area (TPSA) is 40.5 Å². The fraction of sp³-hybridized carbons (Fsp3) is 1.00. The van der Waals surface area contributed by atoms with E-state index in [0.717, 1.165) is 0 Å². The van der Waals surface area contributed by atoms with E-state index < -0.39 is 6.29 Å². The van der Waals surface area contributed by atoms with Gasteiger partial charge in [-0.15, -0.1) is 24.8 Å². The Morgan fingerprint density at radius 3 is 1.43 bits per heavy atom. The molecule has 0 bridgehead atoms. The van der Waals surface area contributed by atoms with Crippen molar-refractivity contribution in [2.24, 2.45) is 0 Å². The molecule has 0 rings (SSSR count). The molecular weight excluding hydrogens is 139 g/mol. The van der Waals surface area contributed by atoms with Crippen molar-refractivity contribution in [3.05, 3.63) is 0 Å². The Bertz CT molecular complexity index is 24.9. The summed E-state index contributed by atoms with van der Waals surface area (Å²) in [6.45, 7) is 1.70. The van der Waals surface area contributed by atoms with Gasteiger partial charge in [-0.25, -0.2) is 0 Å². The first-order valence-electron chi connectivity index (χ1n) is 1.63. The Morgan fingerprint density at radius 2 is 1.43 bits per heavy atom. The van der Waals surface area contributed by atoms with E-state index >= 15 is 0 Å². The van der Waals surface area contributed by atoms with Crippen LogP contribution in [-0.2, 0) is 0 Å². The van der Waals surface area contributed by atoms with Crippen molar-refractivity contribution < 1.29 is 10.2 Å². The molecule has 0 aromatic heterocycles. The fourth-order valence-corrected chi connectivity index (χ4v) is 0. The lowest BCUT2D eigenvalue weighted by molar-refractivity contribution is -0.0413. The van der Waals surface area contributed by atoms with E-state index in [1.54, 1.807) is 6.92 Å². The summed E-state index contributed by atoms with van der Waals surface area (Å²) in [4.78, 5) is 0. The highest BCUT2D eigenvalue weighted by atomic mass is 35.5. The average molecular weight is 149 g/mol. The predicted molar refractivity (Wildman–Crippen MR) is 33.0 cm³/mol. The maximum Gasteiger partial charge on any atom is 0.151 e. The molecule has 0 radical (unpaired) electrons. The number of hydrogen-bond acceptors (Lipinski definition) is 2. The van der Waals surface area contributed by atoms with Crippen LogP contribution in [0.5, 0.6) is 0 Å². The van der Waals surface area contributed by atoms with Crippen molar-refractivity contribution >= 4 is 24.8 Å². The highest BCUT2D eigenvalue weighted by molar-refractivity contribution is 5.85. The quantitative estimate of drug-likeness (QED) is 0.534. The highest BCUT2D eigenvalue weighted by Crippen LogP contribution is 1.77. The van der Waals surface area contributed by atoms with Gasteiger partial charge in [0.15, 0.2) is 6.29 Å². The van der Waals surface area contributed by atoms with Gasteiger partial charge in [0.2, 0.25) is 0 Å². The summed E-state index contributed by atoms with van der Waals surface area (Å²) in [5.74, 6) is 0. The van der Waals surface area contributed by atoms with Crippen LogP contribution in [0.3, 0.4) is 0 Å². The molecule has 0 fully saturated rings. The average Bonchev–Trinajstić information content (AvgIpc) is 1.38. The molecule has 0 unspecified atom stereocenters. The molecule has 0 saturated carbocycles. The van der Waals surface area contributed by atoms with Crippen LogP contribution in [0.1, 0.15) is 13.3 Å². The zero-order valence-corrected chi connectivity index (χ0v) is 5.63. The number of hydrogen-bond donors (Lipinski definition) is 2. The SMILES string of the molecule is CCC(O)O.Cl.Cl. The van der Waals surface area contributed by atoms with Crippen LogP contribution in [0.15, 0.2) is 0 Å². The van der Waals surface area contributed by atoms with Gasteiger partial charge >= 0.3 is 0 Å². The van der Waals surface area contributed by atoms with Gasteiger partial charge in [-0.05, 0) is 6.42 Å². The third-order valence-electron chi connectivity index (χ3n) is 0.365. The number of rotatable bonds is 1. The van der Waals surface area contributed by atoms with E-state index in [2.05, 4.69) is 0 Å². The van der Waals surface area contributed by atoms with Crippen LogP contribution in [-0.4, -0.2) is 16.5 Å². The molecule has 0 aliphatic rings. The summed E-state index contributed by atoms with van der Waals surface area (Å²) < 4.78 is 0. The van der Waals surface area contributed by atoms with Crippen LogP contribution in [0.2, 0.25) is 0 Å². The molecule has 0 aromatic rings. The Hall–Kier alpha value is 0.500. The van der Waals surface area contributed by atoms with Gasteiger partial charge in [-0.2, -0.15) is 0 Å². The van der Waals surface area contributed by atoms with Crippen molar-refractivity contribution in [2.75, 3.05) is 0 Å². The van der Waals surface area contributed by atoms with Gasteiger partial charge in [0, 0.05) is 0 Å². The van der Waals surface area contributed by atoms with Crippen molar-refractivity contribution in [3.63, 3.8) is 0 Å². The number of aliphatic hydroxyl groups excluding tert-OH is 1. The Balaban J connectivity index is -0.0000000800. The second-order valence-corrected chi connectivity index (χ2v) is 0.889. The normalized spacial score (nSPS) is 6.86. The zero-order valence-electron chi connectivity index (χ0n) is 4.00. The first kappa shape index (κ1) is 15.6. The second-order valence-electron chi connectivity index (χ2n) is 0.889. The van der Waals surface area contributed by atoms with Gasteiger partial charge in [0.1, 0.15) is 0 Å². The van der Waals surface area contributed by atoms with E-state index in [1.165, 1.54) is 0 Å². The molecule has 0 atom stereocenters. The molecule has 0 aromatic carbocycles. The molecule has 4 heteroatoms. The van der Waals surface area contributed by atoms with Gasteiger partial charge in [0.25, 0.3) is 0 Å². The summed E-state index contributed by atoms with van der Waals surface area (Å²) in [6, 6.07) is 0. The largest absolute Gasteiger partial charge is 0.368 e. The first-order valence-corrected chi connectivity index (χ1v) is 1.63. The number of halogens is 2. The minimum atomic E-state index is -1.12. The molecular formula is C3H10Cl2O2. The zero-order chi connectivity index (χ0) is 4.28. The Labute approximate surface area is 55.4 Å². The van der Waals surface area contributed by atoms with Crippen LogP contribution in [0.25, 0.3) is 0 Å². The maximum atomic E-state index is 7.92. The third kappa shape index (κ3) is 21.1. The monoisotopic (exact) mass is 148 g/mol. The van der Waals surface area contributed by atoms with Gasteiger partial charge < -0.3 is 10.2 Å². The molecule has 48 valence electrons. The minimum absolute atomic E-state index is 0. The second kappa shape index (κ2) is 9.71. The minimum Gasteiger partial charge on any atom is -0.368 e. The van der Waals surface area contributed by atoms with Crippen molar-refractivity contribution in [1.29, 1.82) is 0 Å². The van der Waals surface area contributed by atoms with Crippen LogP contribution in [0, 0.1) is 0 Å². The number of aliphatic hydroxyl groups is 2. The van der Waals surface area contributed by atoms with Crippen LogP contribution >= 0.6 is 24.8 Å². The predicted octanol–water partition coefficient (Wildman–Crippen LogP) is 0.551. The molecule has 0 aliphatic carbocycles. The standard InChI is InChI=1S/C3H8O2.2ClH/c1-2-3(4)5;;/h3-5H,2H2,1H3;2*1H. The third-order valence-corrected chi connectivity index (χ3v) is 0.365. The van der Waals surface area contributed by atoms with E-state index in [1.807, 2.05) is 0 Å². The van der Waals surface area contributed by atoms with Crippen molar-refractivity contribution in [2.45, 2.75) is 19.6 Å². The lowest BCUT2D eigenvalue weighted by Crippen LogP contribution is -1.99. The van der Waals surface area contributed by atoms with Crippen LogP contribution < -0.4 is 0 Å². The highest BCUT2D eigenvalue weighted by Gasteiger charge is 1.83. The van der Waals surface area contributed by atoms with E-state index in [0.29, 0.717) is 6.42 Å². The maximum absolute atomic E-state index is 7.92. The van der Waals surface area contributed by atoms with Crippen molar-refractivity contribution in [1.82, 2.24) is 0 Å². The van der Waals surface area contributed by atoms with Gasteiger partial charge in [-0.3, -0.25) is 0 Å². The summed E-state index contributed by atoms with van der Waals surface area (Å²) >= 11 is 0. The molecule has 0 aliphatic heterocycles. The van der Waals surface area contributed by atoms with E-state index in [9.17, 15) is 0 Å². The Morgan fingerprint density at radius 1 is 1.29 bits per heavy atom. The molecule has 2 N–H and O–H groups in total. The smallest absolute Gasteiger partial charge is 0.151 e. The van der Waals surface area contributed by atoms with Crippen LogP contribution in [0.4, 0.5) is 0 Å². The molecule has 0 spiro atoms. The van der Waals surface area contributed by atoms with Gasteiger partial charge in [0.05, 0.1) is 0 Å². The molecule has 2 nitrogen and oxygen atoms in total. The molecule has 0 saturated heterocycles. The first-order chi connectivity index (χ1) is 2.27. The summed E-state index contributed by atoms with van der Waals surface area (Å²) in [5, 5.41) is 15.8. The van der Waals surface area contributed by atoms with Crippen molar-refractivity contribution in [3.8, 4) is 0 Å². The molecule has 0 amide bonds. The summed E-state index contributed by atoms with van der Waals surface area (Å²) in [7, 11) is 0.